The molecule has 0 saturated carbocycles. The first kappa shape index (κ1) is 16.0. The van der Waals surface area contributed by atoms with Crippen LogP contribution in [0.1, 0.15) is 24.2 Å². The van der Waals surface area contributed by atoms with Crippen LogP contribution < -0.4 is 10.1 Å². The monoisotopic (exact) mass is 299 g/mol. The van der Waals surface area contributed by atoms with E-state index in [2.05, 4.69) is 5.32 Å². The van der Waals surface area contributed by atoms with Crippen LogP contribution in [0.25, 0.3) is 0 Å². The van der Waals surface area contributed by atoms with Gasteiger partial charge in [0.05, 0.1) is 0 Å². The molecule has 0 radical (unpaired) electrons. The van der Waals surface area contributed by atoms with E-state index in [9.17, 15) is 4.79 Å². The lowest BCUT2D eigenvalue weighted by molar-refractivity contribution is -0.146. The van der Waals surface area contributed by atoms with E-state index in [0.717, 1.165) is 16.9 Å². The molecule has 2 rings (SSSR count). The van der Waals surface area contributed by atoms with Crippen LogP contribution >= 0.6 is 0 Å². The predicted octanol–water partition coefficient (Wildman–Crippen LogP) is 3.09. The Balaban J connectivity index is 2.06. The first-order chi connectivity index (χ1) is 10.7. The maximum atomic E-state index is 11.2. The van der Waals surface area contributed by atoms with Crippen molar-refractivity contribution in [3.05, 3.63) is 65.7 Å². The highest BCUT2D eigenvalue weighted by atomic mass is 16.5. The third-order valence-electron chi connectivity index (χ3n) is 3.18. The molecule has 4 nitrogen and oxygen atoms in total. The molecule has 0 aliphatic rings. The van der Waals surface area contributed by atoms with Crippen LogP contribution in [0.4, 0.5) is 0 Å². The van der Waals surface area contributed by atoms with Gasteiger partial charge < -0.3 is 14.8 Å². The van der Waals surface area contributed by atoms with Crippen molar-refractivity contribution >= 4 is 5.97 Å². The molecule has 0 fully saturated rings. The summed E-state index contributed by atoms with van der Waals surface area (Å²) in [5, 5.41) is 3.03. The van der Waals surface area contributed by atoms with Crippen LogP contribution in [0.5, 0.6) is 5.75 Å². The number of benzene rings is 2. The van der Waals surface area contributed by atoms with Crippen LogP contribution in [-0.4, -0.2) is 19.6 Å². The summed E-state index contributed by atoms with van der Waals surface area (Å²) in [6.45, 7) is 2.48. The number of hydrogen-bond donors (Lipinski definition) is 1. The van der Waals surface area contributed by atoms with Gasteiger partial charge in [0.25, 0.3) is 0 Å². The van der Waals surface area contributed by atoms with E-state index in [1.807, 2.05) is 61.6 Å². The van der Waals surface area contributed by atoms with Crippen molar-refractivity contribution in [2.24, 2.45) is 0 Å². The van der Waals surface area contributed by atoms with E-state index >= 15 is 0 Å². The molecule has 0 aromatic heterocycles. The maximum Gasteiger partial charge on any atom is 0.303 e. The van der Waals surface area contributed by atoms with Gasteiger partial charge in [0.15, 0.2) is 0 Å². The molecule has 1 N–H and O–H groups in total. The number of ether oxygens (including phenoxy) is 2. The van der Waals surface area contributed by atoms with Crippen molar-refractivity contribution in [3.63, 3.8) is 0 Å². The first-order valence-electron chi connectivity index (χ1n) is 7.27. The quantitative estimate of drug-likeness (QED) is 0.798. The highest BCUT2D eigenvalue weighted by Crippen LogP contribution is 2.22. The zero-order chi connectivity index (χ0) is 15.8. The molecule has 0 amide bonds. The van der Waals surface area contributed by atoms with Crippen molar-refractivity contribution < 1.29 is 14.3 Å². The fraction of sp³-hybridized carbons (Fsp3) is 0.278. The Labute approximate surface area is 131 Å². The third kappa shape index (κ3) is 4.90. The summed E-state index contributed by atoms with van der Waals surface area (Å²) in [6.07, 6.45) is -0.317. The van der Waals surface area contributed by atoms with Gasteiger partial charge in [-0.05, 0) is 30.3 Å². The van der Waals surface area contributed by atoms with Crippen molar-refractivity contribution in [3.8, 4) is 5.75 Å². The molecule has 0 aliphatic carbocycles. The smallest absolute Gasteiger partial charge is 0.303 e. The Bertz CT molecular complexity index is 598. The number of carbonyl (C=O) groups is 1. The Morgan fingerprint density at radius 1 is 1.14 bits per heavy atom. The van der Waals surface area contributed by atoms with Gasteiger partial charge in [-0.3, -0.25) is 4.79 Å². The normalized spacial score (nSPS) is 11.7. The molecule has 0 aliphatic heterocycles. The van der Waals surface area contributed by atoms with Gasteiger partial charge in [-0.15, -0.1) is 0 Å². The van der Waals surface area contributed by atoms with E-state index in [0.29, 0.717) is 13.2 Å². The molecule has 0 spiro atoms. The second-order valence-electron chi connectivity index (χ2n) is 5.00. The van der Waals surface area contributed by atoms with E-state index in [-0.39, 0.29) is 12.1 Å². The van der Waals surface area contributed by atoms with Crippen molar-refractivity contribution in [2.45, 2.75) is 19.6 Å². The van der Waals surface area contributed by atoms with Crippen molar-refractivity contribution in [2.75, 3.05) is 13.6 Å². The molecule has 0 bridgehead atoms. The molecule has 0 heterocycles. The summed E-state index contributed by atoms with van der Waals surface area (Å²) < 4.78 is 11.1. The summed E-state index contributed by atoms with van der Waals surface area (Å²) >= 11 is 0. The predicted molar refractivity (Wildman–Crippen MR) is 85.6 cm³/mol. The van der Waals surface area contributed by atoms with Crippen LogP contribution in [0.3, 0.4) is 0 Å². The van der Waals surface area contributed by atoms with Gasteiger partial charge in [-0.1, -0.05) is 42.5 Å². The van der Waals surface area contributed by atoms with E-state index in [1.165, 1.54) is 6.92 Å². The lowest BCUT2D eigenvalue weighted by Gasteiger charge is -2.18. The fourth-order valence-electron chi connectivity index (χ4n) is 2.16. The lowest BCUT2D eigenvalue weighted by Crippen LogP contribution is -2.21. The largest absolute Gasteiger partial charge is 0.489 e. The number of nitrogens with one attached hydrogen (secondary N) is 1. The minimum absolute atomic E-state index is 0.296. The topological polar surface area (TPSA) is 47.6 Å². The zero-order valence-electron chi connectivity index (χ0n) is 12.9. The molecule has 1 atom stereocenters. The Morgan fingerprint density at radius 3 is 2.59 bits per heavy atom. The molecule has 2 aromatic rings. The first-order valence-corrected chi connectivity index (χ1v) is 7.27. The summed E-state index contributed by atoms with van der Waals surface area (Å²) in [6, 6.07) is 17.6. The van der Waals surface area contributed by atoms with Crippen molar-refractivity contribution in [1.82, 2.24) is 5.32 Å². The molecular weight excluding hydrogens is 278 g/mol. The van der Waals surface area contributed by atoms with Gasteiger partial charge in [0, 0.05) is 13.5 Å². The van der Waals surface area contributed by atoms with E-state index < -0.39 is 0 Å². The van der Waals surface area contributed by atoms with Crippen LogP contribution in [0.2, 0.25) is 0 Å². The SMILES string of the molecule is CNC[C@@H](OC(C)=O)c1cccc(OCc2ccccc2)c1. The summed E-state index contributed by atoms with van der Waals surface area (Å²) in [7, 11) is 1.83. The fourth-order valence-corrected chi connectivity index (χ4v) is 2.16. The summed E-state index contributed by atoms with van der Waals surface area (Å²) in [5.41, 5.74) is 2.02. The van der Waals surface area contributed by atoms with Gasteiger partial charge in [0.2, 0.25) is 0 Å². The number of carbonyl (C=O) groups excluding carboxylic acids is 1. The summed E-state index contributed by atoms with van der Waals surface area (Å²) in [5.74, 6) is 0.463. The van der Waals surface area contributed by atoms with Gasteiger partial charge in [0.1, 0.15) is 18.5 Å². The second kappa shape index (κ2) is 8.20. The molecular formula is C18H21NO3. The minimum Gasteiger partial charge on any atom is -0.489 e. The van der Waals surface area contributed by atoms with Gasteiger partial charge >= 0.3 is 5.97 Å². The number of esters is 1. The Hall–Kier alpha value is -2.33. The average Bonchev–Trinajstić information content (AvgIpc) is 2.53. The van der Waals surface area contributed by atoms with Crippen LogP contribution in [0, 0.1) is 0 Å². The third-order valence-corrected chi connectivity index (χ3v) is 3.18. The molecule has 0 unspecified atom stereocenters. The van der Waals surface area contributed by atoms with Crippen molar-refractivity contribution in [1.29, 1.82) is 0 Å². The number of hydrogen-bond acceptors (Lipinski definition) is 4. The van der Waals surface area contributed by atoms with Crippen LogP contribution in [-0.2, 0) is 16.1 Å². The number of likely N-dealkylation sites (N-methyl/N-ethyl adjacent to an activating group) is 1. The Kier molecular flexibility index (Phi) is 5.98. The van der Waals surface area contributed by atoms with E-state index in [4.69, 9.17) is 9.47 Å². The minimum atomic E-state index is -0.317. The van der Waals surface area contributed by atoms with Crippen LogP contribution in [0.15, 0.2) is 54.6 Å². The molecule has 116 valence electrons. The summed E-state index contributed by atoms with van der Waals surface area (Å²) in [4.78, 5) is 11.2. The standard InChI is InChI=1S/C18H21NO3/c1-14(20)22-18(12-19-2)16-9-6-10-17(11-16)21-13-15-7-4-3-5-8-15/h3-11,18-19H,12-13H2,1-2H3/t18-/m1/s1. The average molecular weight is 299 g/mol. The lowest BCUT2D eigenvalue weighted by atomic mass is 10.1. The Morgan fingerprint density at radius 2 is 1.91 bits per heavy atom. The second-order valence-corrected chi connectivity index (χ2v) is 5.00. The molecule has 0 saturated heterocycles. The highest BCUT2D eigenvalue weighted by Gasteiger charge is 2.14. The molecule has 2 aromatic carbocycles. The maximum absolute atomic E-state index is 11.2. The van der Waals surface area contributed by atoms with Gasteiger partial charge in [-0.2, -0.15) is 0 Å². The highest BCUT2D eigenvalue weighted by molar-refractivity contribution is 5.66. The van der Waals surface area contributed by atoms with E-state index in [1.54, 1.807) is 0 Å². The zero-order valence-corrected chi connectivity index (χ0v) is 12.9. The molecule has 4 heteroatoms. The number of rotatable bonds is 7. The molecule has 22 heavy (non-hydrogen) atoms. The van der Waals surface area contributed by atoms with Gasteiger partial charge in [-0.25, -0.2) is 0 Å².